The average Bonchev–Trinajstić information content (AvgIpc) is 2.53. The van der Waals surface area contributed by atoms with Gasteiger partial charge in [-0.25, -0.2) is 4.98 Å². The molecule has 0 radical (unpaired) electrons. The first-order valence-electron chi connectivity index (χ1n) is 6.79. The highest BCUT2D eigenvalue weighted by Gasteiger charge is 2.20. The highest BCUT2D eigenvalue weighted by Crippen LogP contribution is 2.37. The number of methoxy groups -OCH3 is 1. The van der Waals surface area contributed by atoms with Crippen molar-refractivity contribution >= 4 is 16.6 Å². The Balaban J connectivity index is 2.34. The van der Waals surface area contributed by atoms with Gasteiger partial charge in [-0.1, -0.05) is 24.3 Å². The smallest absolute Gasteiger partial charge is 0.295 e. The first kappa shape index (κ1) is 14.0. The fraction of sp³-hybridized carbons (Fsp3) is 0.118. The van der Waals surface area contributed by atoms with Crippen molar-refractivity contribution in [2.24, 2.45) is 0 Å². The molecule has 0 amide bonds. The van der Waals surface area contributed by atoms with Crippen molar-refractivity contribution in [3.8, 4) is 16.9 Å². The summed E-state index contributed by atoms with van der Waals surface area (Å²) in [5, 5.41) is 12.2. The largest absolute Gasteiger partial charge is 0.496 e. The number of nitrogens with zero attached hydrogens (tertiary/aromatic N) is 2. The maximum atomic E-state index is 11.4. The molecule has 0 unspecified atom stereocenters. The third-order valence-electron chi connectivity index (χ3n) is 3.64. The van der Waals surface area contributed by atoms with E-state index in [2.05, 4.69) is 4.98 Å². The van der Waals surface area contributed by atoms with Crippen LogP contribution in [0.2, 0.25) is 0 Å². The van der Waals surface area contributed by atoms with Crippen LogP contribution in [0.15, 0.2) is 48.7 Å². The minimum atomic E-state index is -0.395. The molecule has 0 aliphatic heterocycles. The second-order valence-corrected chi connectivity index (χ2v) is 4.98. The predicted octanol–water partition coefficient (Wildman–Crippen LogP) is 4.13. The number of pyridine rings is 1. The molecule has 5 heteroatoms. The van der Waals surface area contributed by atoms with Crippen LogP contribution >= 0.6 is 0 Å². The number of ether oxygens (including phenoxy) is 1. The fourth-order valence-corrected chi connectivity index (χ4v) is 2.61. The van der Waals surface area contributed by atoms with Gasteiger partial charge in [-0.2, -0.15) is 0 Å². The lowest BCUT2D eigenvalue weighted by Crippen LogP contribution is -1.96. The van der Waals surface area contributed by atoms with Gasteiger partial charge in [0.1, 0.15) is 11.9 Å². The first-order chi connectivity index (χ1) is 10.6. The Morgan fingerprint density at radius 3 is 2.64 bits per heavy atom. The van der Waals surface area contributed by atoms with Gasteiger partial charge in [-0.15, -0.1) is 0 Å². The molecule has 5 nitrogen and oxygen atoms in total. The maximum Gasteiger partial charge on any atom is 0.295 e. The van der Waals surface area contributed by atoms with Crippen molar-refractivity contribution in [1.82, 2.24) is 4.98 Å². The number of fused-ring (bicyclic) bond motifs is 1. The SMILES string of the molecule is COc1ccc(-c2c([N+](=O)[O-])cnc3ccccc23)cc1C. The Kier molecular flexibility index (Phi) is 3.47. The summed E-state index contributed by atoms with van der Waals surface area (Å²) in [6.07, 6.45) is 1.32. The summed E-state index contributed by atoms with van der Waals surface area (Å²) < 4.78 is 5.25. The van der Waals surface area contributed by atoms with Gasteiger partial charge in [0, 0.05) is 5.39 Å². The van der Waals surface area contributed by atoms with E-state index in [0.717, 1.165) is 27.8 Å². The third-order valence-corrected chi connectivity index (χ3v) is 3.64. The molecule has 2 aromatic carbocycles. The molecule has 0 aliphatic rings. The molecule has 3 aromatic rings. The molecule has 0 saturated carbocycles. The minimum Gasteiger partial charge on any atom is -0.496 e. The van der Waals surface area contributed by atoms with Crippen LogP contribution in [0.3, 0.4) is 0 Å². The molecule has 0 fully saturated rings. The van der Waals surface area contributed by atoms with Crippen LogP contribution in [-0.2, 0) is 0 Å². The monoisotopic (exact) mass is 294 g/mol. The molecule has 0 bridgehead atoms. The summed E-state index contributed by atoms with van der Waals surface area (Å²) in [6, 6.07) is 13.0. The van der Waals surface area contributed by atoms with Gasteiger partial charge in [-0.05, 0) is 36.2 Å². The zero-order valence-electron chi connectivity index (χ0n) is 12.2. The average molecular weight is 294 g/mol. The number of benzene rings is 2. The van der Waals surface area contributed by atoms with E-state index in [0.29, 0.717) is 5.56 Å². The number of rotatable bonds is 3. The fourth-order valence-electron chi connectivity index (χ4n) is 2.61. The quantitative estimate of drug-likeness (QED) is 0.538. The highest BCUT2D eigenvalue weighted by molar-refractivity contribution is 5.99. The zero-order chi connectivity index (χ0) is 15.7. The van der Waals surface area contributed by atoms with E-state index < -0.39 is 4.92 Å². The van der Waals surface area contributed by atoms with E-state index >= 15 is 0 Å². The van der Waals surface area contributed by atoms with Crippen molar-refractivity contribution in [3.63, 3.8) is 0 Å². The van der Waals surface area contributed by atoms with Crippen LogP contribution < -0.4 is 4.74 Å². The molecule has 110 valence electrons. The van der Waals surface area contributed by atoms with E-state index in [1.54, 1.807) is 7.11 Å². The van der Waals surface area contributed by atoms with E-state index in [1.807, 2.05) is 49.4 Å². The van der Waals surface area contributed by atoms with Gasteiger partial charge in [0.25, 0.3) is 5.69 Å². The molecule has 3 rings (SSSR count). The number of hydrogen-bond donors (Lipinski definition) is 0. The number of hydrogen-bond acceptors (Lipinski definition) is 4. The standard InChI is InChI=1S/C17H14N2O3/c1-11-9-12(7-8-16(11)22-2)17-13-5-3-4-6-14(13)18-10-15(17)19(20)21/h3-10H,1-2H3. The van der Waals surface area contributed by atoms with E-state index in [4.69, 9.17) is 4.74 Å². The van der Waals surface area contributed by atoms with E-state index in [1.165, 1.54) is 6.20 Å². The molecule has 0 spiro atoms. The van der Waals surface area contributed by atoms with Crippen LogP contribution in [0.5, 0.6) is 5.75 Å². The van der Waals surface area contributed by atoms with Crippen molar-refractivity contribution in [2.45, 2.75) is 6.92 Å². The van der Waals surface area contributed by atoms with Crippen LogP contribution in [0, 0.1) is 17.0 Å². The van der Waals surface area contributed by atoms with E-state index in [-0.39, 0.29) is 5.69 Å². The van der Waals surface area contributed by atoms with E-state index in [9.17, 15) is 10.1 Å². The second-order valence-electron chi connectivity index (χ2n) is 4.98. The lowest BCUT2D eigenvalue weighted by Gasteiger charge is -2.10. The Morgan fingerprint density at radius 2 is 1.95 bits per heavy atom. The Hall–Kier alpha value is -2.95. The number of aromatic nitrogens is 1. The number of nitro groups is 1. The maximum absolute atomic E-state index is 11.4. The van der Waals surface area contributed by atoms with Crippen molar-refractivity contribution in [2.75, 3.05) is 7.11 Å². The molecule has 1 aromatic heterocycles. The minimum absolute atomic E-state index is 0.00302. The Bertz CT molecular complexity index is 875. The summed E-state index contributed by atoms with van der Waals surface area (Å²) in [7, 11) is 1.60. The molecule has 0 N–H and O–H groups in total. The zero-order valence-corrected chi connectivity index (χ0v) is 12.2. The third kappa shape index (κ3) is 2.26. The van der Waals surface area contributed by atoms with Gasteiger partial charge in [0.2, 0.25) is 0 Å². The number of para-hydroxylation sites is 1. The Morgan fingerprint density at radius 1 is 1.18 bits per heavy atom. The summed E-state index contributed by atoms with van der Waals surface area (Å²) in [5.41, 5.74) is 3.03. The lowest BCUT2D eigenvalue weighted by molar-refractivity contribution is -0.384. The number of aryl methyl sites for hydroxylation is 1. The molecule has 1 heterocycles. The second kappa shape index (κ2) is 5.44. The van der Waals surface area contributed by atoms with Gasteiger partial charge in [0.15, 0.2) is 0 Å². The summed E-state index contributed by atoms with van der Waals surface area (Å²) in [6.45, 7) is 1.91. The van der Waals surface area contributed by atoms with Crippen LogP contribution in [0.25, 0.3) is 22.0 Å². The van der Waals surface area contributed by atoms with Crippen LogP contribution in [0.1, 0.15) is 5.56 Å². The molecule has 22 heavy (non-hydrogen) atoms. The molecule has 0 saturated heterocycles. The van der Waals surface area contributed by atoms with Gasteiger partial charge >= 0.3 is 0 Å². The van der Waals surface area contributed by atoms with Crippen LogP contribution in [-0.4, -0.2) is 17.0 Å². The predicted molar refractivity (Wildman–Crippen MR) is 85.1 cm³/mol. The van der Waals surface area contributed by atoms with Gasteiger partial charge in [-0.3, -0.25) is 10.1 Å². The van der Waals surface area contributed by atoms with Gasteiger partial charge < -0.3 is 4.74 Å². The van der Waals surface area contributed by atoms with Crippen molar-refractivity contribution in [1.29, 1.82) is 0 Å². The van der Waals surface area contributed by atoms with Crippen molar-refractivity contribution < 1.29 is 9.66 Å². The normalized spacial score (nSPS) is 10.6. The molecular weight excluding hydrogens is 280 g/mol. The molecule has 0 aliphatic carbocycles. The van der Waals surface area contributed by atoms with Gasteiger partial charge in [0.05, 0.1) is 23.1 Å². The summed E-state index contributed by atoms with van der Waals surface area (Å²) in [5.74, 6) is 0.754. The van der Waals surface area contributed by atoms with Crippen molar-refractivity contribution in [3.05, 3.63) is 64.3 Å². The molecular formula is C17H14N2O3. The van der Waals surface area contributed by atoms with Crippen LogP contribution in [0.4, 0.5) is 5.69 Å². The summed E-state index contributed by atoms with van der Waals surface area (Å²) in [4.78, 5) is 15.2. The highest BCUT2D eigenvalue weighted by atomic mass is 16.6. The Labute approximate surface area is 127 Å². The summed E-state index contributed by atoms with van der Waals surface area (Å²) >= 11 is 0. The topological polar surface area (TPSA) is 65.3 Å². The molecule has 0 atom stereocenters. The lowest BCUT2D eigenvalue weighted by atomic mass is 9.98. The first-order valence-corrected chi connectivity index (χ1v) is 6.79.